The molecule has 0 aliphatic rings. The van der Waals surface area contributed by atoms with Crippen LogP contribution in [0.3, 0.4) is 0 Å². The summed E-state index contributed by atoms with van der Waals surface area (Å²) in [5.74, 6) is -4.35. The lowest BCUT2D eigenvalue weighted by atomic mass is 10.0. The fraction of sp³-hybridized carbons (Fsp3) is 0.333. The molecule has 0 aliphatic carbocycles. The molecule has 0 radical (unpaired) electrons. The van der Waals surface area contributed by atoms with E-state index in [1.165, 1.54) is 7.11 Å². The van der Waals surface area contributed by atoms with Gasteiger partial charge >= 0.3 is 5.97 Å². The van der Waals surface area contributed by atoms with Gasteiger partial charge in [-0.15, -0.1) is 0 Å². The van der Waals surface area contributed by atoms with E-state index in [1.807, 2.05) is 0 Å². The van der Waals surface area contributed by atoms with E-state index in [2.05, 4.69) is 4.74 Å². The molecule has 0 saturated heterocycles. The number of rotatable bonds is 5. The topological polar surface area (TPSA) is 43.4 Å². The van der Waals surface area contributed by atoms with Crippen molar-refractivity contribution in [1.29, 1.82) is 0 Å². The molecule has 0 unspecified atom stereocenters. The molecule has 6 heteroatoms. The van der Waals surface area contributed by atoms with E-state index in [0.717, 1.165) is 0 Å². The van der Waals surface area contributed by atoms with Gasteiger partial charge in [0.15, 0.2) is 17.9 Å². The lowest BCUT2D eigenvalue weighted by Gasteiger charge is -2.06. The predicted octanol–water partition coefficient (Wildman–Crippen LogP) is 2.41. The maximum Gasteiger partial charge on any atom is 0.305 e. The number of methoxy groups -OCH3 is 1. The zero-order chi connectivity index (χ0) is 13.7. The summed E-state index contributed by atoms with van der Waals surface area (Å²) in [6.45, 7) is 0. The molecule has 1 rings (SSSR count). The summed E-state index contributed by atoms with van der Waals surface area (Å²) >= 11 is 0. The first kappa shape index (κ1) is 14.2. The van der Waals surface area contributed by atoms with Crippen LogP contribution < -0.4 is 0 Å². The van der Waals surface area contributed by atoms with Crippen LogP contribution in [0.15, 0.2) is 6.07 Å². The van der Waals surface area contributed by atoms with Crippen LogP contribution in [0.4, 0.5) is 13.2 Å². The average molecular weight is 260 g/mol. The summed E-state index contributed by atoms with van der Waals surface area (Å²) in [6, 6.07) is 0.689. The summed E-state index contributed by atoms with van der Waals surface area (Å²) in [6.07, 6.45) is 0.189. The van der Waals surface area contributed by atoms with Crippen molar-refractivity contribution in [3.8, 4) is 0 Å². The molecule has 0 heterocycles. The third kappa shape index (κ3) is 3.09. The van der Waals surface area contributed by atoms with Gasteiger partial charge in [-0.25, -0.2) is 13.2 Å². The van der Waals surface area contributed by atoms with Crippen molar-refractivity contribution in [2.24, 2.45) is 0 Å². The standard InChI is InChI=1S/C12H11F3O3/c1-18-10(17)4-2-3-7-5-9(13)12(15)8(6-16)11(7)14/h5-6H,2-4H2,1H3. The van der Waals surface area contributed by atoms with Gasteiger partial charge in [0.1, 0.15) is 5.82 Å². The van der Waals surface area contributed by atoms with Gasteiger partial charge in [-0.2, -0.15) is 0 Å². The number of carbonyl (C=O) groups excluding carboxylic acids is 2. The quantitative estimate of drug-likeness (QED) is 0.464. The Balaban J connectivity index is 2.87. The van der Waals surface area contributed by atoms with Gasteiger partial charge in [0, 0.05) is 6.42 Å². The maximum absolute atomic E-state index is 13.6. The highest BCUT2D eigenvalue weighted by Crippen LogP contribution is 2.20. The highest BCUT2D eigenvalue weighted by molar-refractivity contribution is 5.76. The molecule has 3 nitrogen and oxygen atoms in total. The molecular formula is C12H11F3O3. The number of halogens is 3. The van der Waals surface area contributed by atoms with Crippen molar-refractivity contribution in [3.05, 3.63) is 34.6 Å². The van der Waals surface area contributed by atoms with Crippen LogP contribution in [-0.4, -0.2) is 19.4 Å². The Kier molecular flexibility index (Phi) is 4.88. The van der Waals surface area contributed by atoms with Crippen molar-refractivity contribution in [3.63, 3.8) is 0 Å². The first-order valence-corrected chi connectivity index (χ1v) is 5.19. The number of aryl methyl sites for hydroxylation is 1. The largest absolute Gasteiger partial charge is 0.469 e. The molecule has 0 aliphatic heterocycles. The number of hydrogen-bond acceptors (Lipinski definition) is 3. The van der Waals surface area contributed by atoms with E-state index in [9.17, 15) is 22.8 Å². The molecule has 0 bridgehead atoms. The zero-order valence-electron chi connectivity index (χ0n) is 9.63. The monoisotopic (exact) mass is 260 g/mol. The first-order valence-electron chi connectivity index (χ1n) is 5.19. The predicted molar refractivity (Wildman–Crippen MR) is 56.7 cm³/mol. The van der Waals surface area contributed by atoms with Crippen molar-refractivity contribution >= 4 is 12.3 Å². The molecule has 0 atom stereocenters. The molecule has 1 aromatic carbocycles. The van der Waals surface area contributed by atoms with Gasteiger partial charge in [-0.05, 0) is 24.5 Å². The van der Waals surface area contributed by atoms with E-state index in [0.29, 0.717) is 6.07 Å². The van der Waals surface area contributed by atoms with Gasteiger partial charge < -0.3 is 4.74 Å². The smallest absolute Gasteiger partial charge is 0.305 e. The summed E-state index contributed by atoms with van der Waals surface area (Å²) in [4.78, 5) is 21.3. The van der Waals surface area contributed by atoms with E-state index >= 15 is 0 Å². The molecule has 18 heavy (non-hydrogen) atoms. The Hall–Kier alpha value is -1.85. The molecule has 0 amide bonds. The van der Waals surface area contributed by atoms with Crippen molar-refractivity contribution < 1.29 is 27.5 Å². The van der Waals surface area contributed by atoms with E-state index in [-0.39, 0.29) is 31.1 Å². The lowest BCUT2D eigenvalue weighted by molar-refractivity contribution is -0.140. The number of aldehydes is 1. The number of carbonyl (C=O) groups is 2. The van der Waals surface area contributed by atoms with Gasteiger partial charge in [0.2, 0.25) is 0 Å². The van der Waals surface area contributed by atoms with E-state index < -0.39 is 29.0 Å². The number of ether oxygens (including phenoxy) is 1. The normalized spacial score (nSPS) is 10.2. The van der Waals surface area contributed by atoms with Crippen LogP contribution in [0.1, 0.15) is 28.8 Å². The number of esters is 1. The Morgan fingerprint density at radius 3 is 2.56 bits per heavy atom. The summed E-state index contributed by atoms with van der Waals surface area (Å²) < 4.78 is 44.0. The molecule has 0 aromatic heterocycles. The van der Waals surface area contributed by atoms with Crippen LogP contribution in [-0.2, 0) is 16.0 Å². The molecule has 1 aromatic rings. The highest BCUT2D eigenvalue weighted by atomic mass is 19.2. The Bertz CT molecular complexity index is 472. The van der Waals surface area contributed by atoms with Crippen LogP contribution in [0.2, 0.25) is 0 Å². The minimum atomic E-state index is -1.50. The molecular weight excluding hydrogens is 249 g/mol. The van der Waals surface area contributed by atoms with Gasteiger partial charge in [-0.1, -0.05) is 0 Å². The molecule has 98 valence electrons. The van der Waals surface area contributed by atoms with Crippen molar-refractivity contribution in [2.75, 3.05) is 7.11 Å². The first-order chi connectivity index (χ1) is 8.51. The minimum Gasteiger partial charge on any atom is -0.469 e. The van der Waals surface area contributed by atoms with Gasteiger partial charge in [0.25, 0.3) is 0 Å². The van der Waals surface area contributed by atoms with Gasteiger partial charge in [-0.3, -0.25) is 9.59 Å². The SMILES string of the molecule is COC(=O)CCCc1cc(F)c(F)c(C=O)c1F. The fourth-order valence-corrected chi connectivity index (χ4v) is 1.49. The second-order valence-electron chi connectivity index (χ2n) is 3.61. The Labute approximate surface area is 102 Å². The maximum atomic E-state index is 13.6. The average Bonchev–Trinajstić information content (AvgIpc) is 2.36. The molecule has 0 N–H and O–H groups in total. The van der Waals surface area contributed by atoms with E-state index in [4.69, 9.17) is 0 Å². The molecule has 0 fully saturated rings. The third-order valence-electron chi connectivity index (χ3n) is 2.44. The van der Waals surface area contributed by atoms with Crippen molar-refractivity contribution in [2.45, 2.75) is 19.3 Å². The second-order valence-corrected chi connectivity index (χ2v) is 3.61. The summed E-state index contributed by atoms with van der Waals surface area (Å²) in [5.41, 5.74) is -1.07. The minimum absolute atomic E-state index is 0.0129. The fourth-order valence-electron chi connectivity index (χ4n) is 1.49. The summed E-state index contributed by atoms with van der Waals surface area (Å²) in [7, 11) is 1.21. The van der Waals surface area contributed by atoms with Gasteiger partial charge in [0.05, 0.1) is 12.7 Å². The number of benzene rings is 1. The number of hydrogen-bond donors (Lipinski definition) is 0. The van der Waals surface area contributed by atoms with Crippen LogP contribution in [0.5, 0.6) is 0 Å². The summed E-state index contributed by atoms with van der Waals surface area (Å²) in [5, 5.41) is 0. The van der Waals surface area contributed by atoms with E-state index in [1.54, 1.807) is 0 Å². The molecule has 0 saturated carbocycles. The lowest BCUT2D eigenvalue weighted by Crippen LogP contribution is -2.05. The van der Waals surface area contributed by atoms with Crippen LogP contribution >= 0.6 is 0 Å². The Morgan fingerprint density at radius 2 is 2.00 bits per heavy atom. The highest BCUT2D eigenvalue weighted by Gasteiger charge is 2.18. The third-order valence-corrected chi connectivity index (χ3v) is 2.44. The van der Waals surface area contributed by atoms with Crippen LogP contribution in [0.25, 0.3) is 0 Å². The Morgan fingerprint density at radius 1 is 1.33 bits per heavy atom. The molecule has 0 spiro atoms. The van der Waals surface area contributed by atoms with Crippen molar-refractivity contribution in [1.82, 2.24) is 0 Å². The van der Waals surface area contributed by atoms with Crippen LogP contribution in [0, 0.1) is 17.5 Å². The second kappa shape index (κ2) is 6.18. The zero-order valence-corrected chi connectivity index (χ0v) is 9.63.